The topological polar surface area (TPSA) is 78.9 Å². The number of nitrogens with zero attached hydrogens (tertiary/aromatic N) is 1. The van der Waals surface area contributed by atoms with Crippen LogP contribution in [0.4, 0.5) is 11.4 Å². The average molecular weight is 272 g/mol. The molecule has 3 N–H and O–H groups in total. The second-order valence-corrected chi connectivity index (χ2v) is 4.29. The van der Waals surface area contributed by atoms with Gasteiger partial charge in [0.25, 0.3) is 5.91 Å². The number of benzene rings is 2. The Labute approximate surface area is 115 Å². The maximum Gasteiger partial charge on any atom is 0.255 e. The average Bonchev–Trinajstić information content (AvgIpc) is 2.41. The second-order valence-electron chi connectivity index (χ2n) is 3.88. The lowest BCUT2D eigenvalue weighted by atomic mass is 10.2. The zero-order valence-electron chi connectivity index (χ0n) is 9.85. The van der Waals surface area contributed by atoms with Crippen LogP contribution in [-0.4, -0.2) is 5.91 Å². The molecular formula is C14H10ClN3O. The van der Waals surface area contributed by atoms with Crippen LogP contribution in [0.25, 0.3) is 0 Å². The Morgan fingerprint density at radius 2 is 1.89 bits per heavy atom. The molecule has 0 radical (unpaired) electrons. The predicted molar refractivity (Wildman–Crippen MR) is 75.0 cm³/mol. The summed E-state index contributed by atoms with van der Waals surface area (Å²) >= 11 is 5.98. The van der Waals surface area contributed by atoms with E-state index in [1.54, 1.807) is 36.4 Å². The lowest BCUT2D eigenvalue weighted by Gasteiger charge is -2.07. The maximum absolute atomic E-state index is 12.0. The summed E-state index contributed by atoms with van der Waals surface area (Å²) in [5.41, 5.74) is 7.52. The highest BCUT2D eigenvalue weighted by Gasteiger charge is 2.08. The minimum Gasteiger partial charge on any atom is -0.399 e. The van der Waals surface area contributed by atoms with Gasteiger partial charge in [-0.05, 0) is 42.5 Å². The Hall–Kier alpha value is -2.51. The summed E-state index contributed by atoms with van der Waals surface area (Å²) in [4.78, 5) is 12.0. The largest absolute Gasteiger partial charge is 0.399 e. The molecule has 0 saturated carbocycles. The number of nitrogens with one attached hydrogen (secondary N) is 1. The molecule has 2 rings (SSSR count). The summed E-state index contributed by atoms with van der Waals surface area (Å²) in [6.45, 7) is 0. The Bertz CT molecular complexity index is 659. The number of carbonyl (C=O) groups is 1. The van der Waals surface area contributed by atoms with Gasteiger partial charge in [-0.25, -0.2) is 0 Å². The van der Waals surface area contributed by atoms with Gasteiger partial charge in [-0.15, -0.1) is 0 Å². The van der Waals surface area contributed by atoms with Crippen molar-refractivity contribution in [2.45, 2.75) is 0 Å². The van der Waals surface area contributed by atoms with Crippen molar-refractivity contribution in [1.82, 2.24) is 0 Å². The molecule has 0 atom stereocenters. The zero-order valence-corrected chi connectivity index (χ0v) is 10.6. The number of hydrogen-bond acceptors (Lipinski definition) is 3. The van der Waals surface area contributed by atoms with E-state index in [1.165, 1.54) is 6.07 Å². The van der Waals surface area contributed by atoms with Crippen LogP contribution in [-0.2, 0) is 0 Å². The molecule has 4 nitrogen and oxygen atoms in total. The number of amides is 1. The number of hydrogen-bond donors (Lipinski definition) is 2. The molecule has 2 aromatic rings. The molecule has 0 aliphatic heterocycles. The van der Waals surface area contributed by atoms with Crippen LogP contribution in [0.1, 0.15) is 15.9 Å². The molecule has 0 bridgehead atoms. The molecule has 0 aliphatic carbocycles. The van der Waals surface area contributed by atoms with Crippen LogP contribution >= 0.6 is 11.6 Å². The molecule has 0 unspecified atom stereocenters. The smallest absolute Gasteiger partial charge is 0.255 e. The van der Waals surface area contributed by atoms with Gasteiger partial charge in [-0.1, -0.05) is 11.6 Å². The SMILES string of the molecule is N#Cc1ccc(NC(=O)c2ccc(N)cc2)c(Cl)c1. The fourth-order valence-corrected chi connectivity index (χ4v) is 1.74. The van der Waals surface area contributed by atoms with Crippen LogP contribution in [0.2, 0.25) is 5.02 Å². The van der Waals surface area contributed by atoms with Crippen LogP contribution in [0.15, 0.2) is 42.5 Å². The van der Waals surface area contributed by atoms with Gasteiger partial charge in [0.05, 0.1) is 22.3 Å². The minimum atomic E-state index is -0.286. The predicted octanol–water partition coefficient (Wildman–Crippen LogP) is 3.05. The van der Waals surface area contributed by atoms with Crippen molar-refractivity contribution in [3.05, 3.63) is 58.6 Å². The number of rotatable bonds is 2. The van der Waals surface area contributed by atoms with E-state index in [9.17, 15) is 4.79 Å². The van der Waals surface area contributed by atoms with Crippen molar-refractivity contribution >= 4 is 28.9 Å². The number of anilines is 2. The molecule has 94 valence electrons. The van der Waals surface area contributed by atoms with Crippen LogP contribution in [0, 0.1) is 11.3 Å². The lowest BCUT2D eigenvalue weighted by Crippen LogP contribution is -2.12. The summed E-state index contributed by atoms with van der Waals surface area (Å²) in [6.07, 6.45) is 0. The van der Waals surface area contributed by atoms with E-state index in [-0.39, 0.29) is 5.91 Å². The monoisotopic (exact) mass is 271 g/mol. The highest BCUT2D eigenvalue weighted by Crippen LogP contribution is 2.23. The highest BCUT2D eigenvalue weighted by molar-refractivity contribution is 6.34. The third kappa shape index (κ3) is 3.03. The van der Waals surface area contributed by atoms with Crippen LogP contribution in [0.3, 0.4) is 0 Å². The van der Waals surface area contributed by atoms with Crippen molar-refractivity contribution in [1.29, 1.82) is 5.26 Å². The maximum atomic E-state index is 12.0. The van der Waals surface area contributed by atoms with Gasteiger partial charge in [0, 0.05) is 11.3 Å². The summed E-state index contributed by atoms with van der Waals surface area (Å²) < 4.78 is 0. The first-order valence-electron chi connectivity index (χ1n) is 5.46. The summed E-state index contributed by atoms with van der Waals surface area (Å²) in [7, 11) is 0. The number of nitriles is 1. The molecular weight excluding hydrogens is 262 g/mol. The van der Waals surface area contributed by atoms with E-state index in [4.69, 9.17) is 22.6 Å². The molecule has 0 heterocycles. The second kappa shape index (κ2) is 5.42. The van der Waals surface area contributed by atoms with Gasteiger partial charge in [0.2, 0.25) is 0 Å². The van der Waals surface area contributed by atoms with Gasteiger partial charge >= 0.3 is 0 Å². The first-order valence-corrected chi connectivity index (χ1v) is 5.84. The first kappa shape index (κ1) is 12.9. The van der Waals surface area contributed by atoms with Crippen LogP contribution in [0.5, 0.6) is 0 Å². The minimum absolute atomic E-state index is 0.286. The van der Waals surface area contributed by atoms with Crippen LogP contribution < -0.4 is 11.1 Å². The molecule has 0 saturated heterocycles. The Morgan fingerprint density at radius 3 is 2.47 bits per heavy atom. The van der Waals surface area contributed by atoms with E-state index in [2.05, 4.69) is 5.32 Å². The van der Waals surface area contributed by atoms with E-state index < -0.39 is 0 Å². The molecule has 5 heteroatoms. The molecule has 2 aromatic carbocycles. The zero-order chi connectivity index (χ0) is 13.8. The third-order valence-corrected chi connectivity index (χ3v) is 2.83. The molecule has 0 aromatic heterocycles. The van der Waals surface area contributed by atoms with Crippen molar-refractivity contribution < 1.29 is 4.79 Å². The molecule has 19 heavy (non-hydrogen) atoms. The lowest BCUT2D eigenvalue weighted by molar-refractivity contribution is 0.102. The summed E-state index contributed by atoms with van der Waals surface area (Å²) in [5, 5.41) is 11.7. The molecule has 0 spiro atoms. The number of nitrogen functional groups attached to an aromatic ring is 1. The van der Waals surface area contributed by atoms with Gasteiger partial charge in [-0.2, -0.15) is 5.26 Å². The fourth-order valence-electron chi connectivity index (χ4n) is 1.52. The van der Waals surface area contributed by atoms with Gasteiger partial charge in [0.15, 0.2) is 0 Å². The van der Waals surface area contributed by atoms with E-state index in [0.717, 1.165) is 0 Å². The Kier molecular flexibility index (Phi) is 3.69. The Balaban J connectivity index is 2.20. The van der Waals surface area contributed by atoms with Gasteiger partial charge < -0.3 is 11.1 Å². The quantitative estimate of drug-likeness (QED) is 0.824. The number of nitrogens with two attached hydrogens (primary N) is 1. The van der Waals surface area contributed by atoms with Crippen molar-refractivity contribution in [3.63, 3.8) is 0 Å². The van der Waals surface area contributed by atoms with Crippen molar-refractivity contribution in [2.24, 2.45) is 0 Å². The van der Waals surface area contributed by atoms with Crippen molar-refractivity contribution in [2.75, 3.05) is 11.1 Å². The standard InChI is InChI=1S/C14H10ClN3O/c15-12-7-9(8-16)1-6-13(12)18-14(19)10-2-4-11(17)5-3-10/h1-7H,17H2,(H,18,19). The molecule has 0 aliphatic rings. The highest BCUT2D eigenvalue weighted by atomic mass is 35.5. The normalized spacial score (nSPS) is 9.68. The van der Waals surface area contributed by atoms with Crippen molar-refractivity contribution in [3.8, 4) is 6.07 Å². The van der Waals surface area contributed by atoms with E-state index in [0.29, 0.717) is 27.5 Å². The number of halogens is 1. The van der Waals surface area contributed by atoms with Gasteiger partial charge in [-0.3, -0.25) is 4.79 Å². The third-order valence-electron chi connectivity index (χ3n) is 2.52. The van der Waals surface area contributed by atoms with Gasteiger partial charge in [0.1, 0.15) is 0 Å². The number of carbonyl (C=O) groups excluding carboxylic acids is 1. The fraction of sp³-hybridized carbons (Fsp3) is 0. The Morgan fingerprint density at radius 1 is 1.21 bits per heavy atom. The van der Waals surface area contributed by atoms with E-state index in [1.807, 2.05) is 6.07 Å². The molecule has 1 amide bonds. The molecule has 0 fully saturated rings. The van der Waals surface area contributed by atoms with E-state index >= 15 is 0 Å². The summed E-state index contributed by atoms with van der Waals surface area (Å²) in [5.74, 6) is -0.286. The summed E-state index contributed by atoms with van der Waals surface area (Å²) in [6, 6.07) is 13.2. The first-order chi connectivity index (χ1) is 9.10.